The molecule has 2 N–H and O–H groups in total. The lowest BCUT2D eigenvalue weighted by molar-refractivity contribution is 0.0716. The lowest BCUT2D eigenvalue weighted by Gasteiger charge is -2.07. The highest BCUT2D eigenvalue weighted by Crippen LogP contribution is 2.34. The lowest BCUT2D eigenvalue weighted by Crippen LogP contribution is -1.97. The third-order valence-corrected chi connectivity index (χ3v) is 3.73. The van der Waals surface area contributed by atoms with Crippen LogP contribution in [0.4, 0.5) is 0 Å². The van der Waals surface area contributed by atoms with Crippen molar-refractivity contribution in [3.8, 4) is 11.5 Å². The molecule has 0 spiro atoms. The highest BCUT2D eigenvalue weighted by atomic mass is 32.1. The van der Waals surface area contributed by atoms with Gasteiger partial charge in [-0.05, 0) is 43.7 Å². The number of aryl methyl sites for hydroxylation is 1. The Labute approximate surface area is 138 Å². The van der Waals surface area contributed by atoms with Gasteiger partial charge in [0.25, 0.3) is 0 Å². The first-order chi connectivity index (χ1) is 11.0. The lowest BCUT2D eigenvalue weighted by atomic mass is 10.1. The van der Waals surface area contributed by atoms with Gasteiger partial charge in [-0.2, -0.15) is 0 Å². The average molecular weight is 329 g/mol. The second-order valence-electron chi connectivity index (χ2n) is 5.13. The fourth-order valence-corrected chi connectivity index (χ4v) is 2.80. The molecular formula is C17H15NO4S. The number of H-pyrrole nitrogens is 1. The molecule has 1 aliphatic rings. The number of aromatic hydroxyl groups is 1. The normalized spacial score (nSPS) is 14.7. The van der Waals surface area contributed by atoms with Crippen LogP contribution in [0.1, 0.15) is 34.1 Å². The first kappa shape index (κ1) is 15.3. The van der Waals surface area contributed by atoms with Gasteiger partial charge in [-0.15, -0.1) is 0 Å². The predicted molar refractivity (Wildman–Crippen MR) is 88.9 cm³/mol. The summed E-state index contributed by atoms with van der Waals surface area (Å²) in [6.45, 7) is 4.15. The van der Waals surface area contributed by atoms with Crippen molar-refractivity contribution in [3.05, 3.63) is 51.3 Å². The van der Waals surface area contributed by atoms with Crippen LogP contribution in [0, 0.1) is 11.6 Å². The van der Waals surface area contributed by atoms with Gasteiger partial charge in [0.05, 0.1) is 6.61 Å². The van der Waals surface area contributed by atoms with Gasteiger partial charge in [-0.1, -0.05) is 18.3 Å². The van der Waals surface area contributed by atoms with E-state index in [0.717, 1.165) is 11.3 Å². The summed E-state index contributed by atoms with van der Waals surface area (Å²) < 4.78 is 11.1. The van der Waals surface area contributed by atoms with Gasteiger partial charge < -0.3 is 19.6 Å². The number of phenolic OH excluding ortho intramolecular Hbond substituents is 1. The molecular weight excluding hydrogens is 314 g/mol. The first-order valence-corrected chi connectivity index (χ1v) is 7.54. The van der Waals surface area contributed by atoms with Crippen LogP contribution >= 0.6 is 12.2 Å². The monoisotopic (exact) mass is 329 g/mol. The second-order valence-corrected chi connectivity index (χ2v) is 5.54. The molecule has 0 amide bonds. The SMILES string of the molecule is CCOc1cc(/C=C2\OC(=O)c3c2cc(C)[nH]c3=S)ccc1O. The number of phenols is 1. The number of benzene rings is 1. The molecule has 1 aliphatic heterocycles. The Balaban J connectivity index is 2.08. The summed E-state index contributed by atoms with van der Waals surface area (Å²) in [4.78, 5) is 15.0. The zero-order valence-corrected chi connectivity index (χ0v) is 13.5. The van der Waals surface area contributed by atoms with Gasteiger partial charge in [0.15, 0.2) is 11.5 Å². The third kappa shape index (κ3) is 2.85. The van der Waals surface area contributed by atoms with Gasteiger partial charge in [-0.3, -0.25) is 0 Å². The molecule has 5 nitrogen and oxygen atoms in total. The minimum Gasteiger partial charge on any atom is -0.504 e. The van der Waals surface area contributed by atoms with E-state index in [2.05, 4.69) is 4.98 Å². The van der Waals surface area contributed by atoms with Gasteiger partial charge >= 0.3 is 5.97 Å². The molecule has 1 aromatic heterocycles. The van der Waals surface area contributed by atoms with Crippen LogP contribution < -0.4 is 4.74 Å². The van der Waals surface area contributed by atoms with Crippen LogP contribution in [-0.4, -0.2) is 22.7 Å². The third-order valence-electron chi connectivity index (χ3n) is 3.42. The van der Waals surface area contributed by atoms with Crippen LogP contribution in [0.25, 0.3) is 11.8 Å². The Bertz CT molecular complexity index is 883. The van der Waals surface area contributed by atoms with Crippen molar-refractivity contribution in [2.45, 2.75) is 13.8 Å². The minimum atomic E-state index is -0.462. The zero-order chi connectivity index (χ0) is 16.6. The van der Waals surface area contributed by atoms with Gasteiger partial charge in [-0.25, -0.2) is 4.79 Å². The Morgan fingerprint density at radius 2 is 2.17 bits per heavy atom. The highest BCUT2D eigenvalue weighted by Gasteiger charge is 2.28. The maximum Gasteiger partial charge on any atom is 0.347 e. The standard InChI is InChI=1S/C17H15NO4S/c1-3-21-14-8-10(4-5-12(14)19)7-13-11-6-9(2)18-16(23)15(11)17(20)22-13/h4-8,19H,3H2,1-2H3,(H,18,23)/b13-7-. The first-order valence-electron chi connectivity index (χ1n) is 7.13. The summed E-state index contributed by atoms with van der Waals surface area (Å²) in [5.41, 5.74) is 2.64. The van der Waals surface area contributed by atoms with Gasteiger partial charge in [0.2, 0.25) is 0 Å². The van der Waals surface area contributed by atoms with Crippen molar-refractivity contribution in [3.63, 3.8) is 0 Å². The van der Waals surface area contributed by atoms with E-state index in [9.17, 15) is 9.90 Å². The molecule has 3 rings (SSSR count). The van der Waals surface area contributed by atoms with E-state index in [4.69, 9.17) is 21.7 Å². The Morgan fingerprint density at radius 1 is 1.39 bits per heavy atom. The van der Waals surface area contributed by atoms with Crippen molar-refractivity contribution in [1.29, 1.82) is 0 Å². The molecule has 118 valence electrons. The highest BCUT2D eigenvalue weighted by molar-refractivity contribution is 7.71. The number of carbonyl (C=O) groups excluding carboxylic acids is 1. The molecule has 23 heavy (non-hydrogen) atoms. The van der Waals surface area contributed by atoms with Crippen molar-refractivity contribution in [2.24, 2.45) is 0 Å². The maximum atomic E-state index is 12.0. The number of carbonyl (C=O) groups is 1. The van der Waals surface area contributed by atoms with Crippen LogP contribution in [0.5, 0.6) is 11.5 Å². The van der Waals surface area contributed by atoms with Gasteiger partial charge in [0.1, 0.15) is 16.0 Å². The number of cyclic esters (lactones) is 1. The molecule has 0 radical (unpaired) electrons. The number of fused-ring (bicyclic) bond motifs is 1. The molecule has 0 aliphatic carbocycles. The number of ether oxygens (including phenoxy) is 2. The Hall–Kier alpha value is -2.60. The van der Waals surface area contributed by atoms with Crippen molar-refractivity contribution < 1.29 is 19.4 Å². The number of hydrogen-bond acceptors (Lipinski definition) is 5. The maximum absolute atomic E-state index is 12.0. The van der Waals surface area contributed by atoms with Crippen molar-refractivity contribution in [2.75, 3.05) is 6.61 Å². The van der Waals surface area contributed by atoms with E-state index in [1.54, 1.807) is 18.2 Å². The quantitative estimate of drug-likeness (QED) is 0.661. The fraction of sp³-hybridized carbons (Fsp3) is 0.176. The second kappa shape index (κ2) is 5.89. The van der Waals surface area contributed by atoms with Gasteiger partial charge in [0, 0.05) is 11.3 Å². The number of pyridine rings is 1. The zero-order valence-electron chi connectivity index (χ0n) is 12.7. The number of rotatable bonds is 3. The molecule has 6 heteroatoms. The summed E-state index contributed by atoms with van der Waals surface area (Å²) >= 11 is 5.20. The van der Waals surface area contributed by atoms with E-state index in [1.807, 2.05) is 19.9 Å². The fourth-order valence-electron chi connectivity index (χ4n) is 2.44. The molecule has 0 unspecified atom stereocenters. The molecule has 2 heterocycles. The molecule has 0 saturated heterocycles. The van der Waals surface area contributed by atoms with E-state index in [0.29, 0.717) is 33.9 Å². The summed E-state index contributed by atoms with van der Waals surface area (Å²) in [6, 6.07) is 6.77. The number of aromatic nitrogens is 1. The number of aromatic amines is 1. The Kier molecular flexibility index (Phi) is 3.92. The topological polar surface area (TPSA) is 71.5 Å². The predicted octanol–water partition coefficient (Wildman–Crippen LogP) is 3.83. The molecule has 2 aromatic rings. The summed E-state index contributed by atoms with van der Waals surface area (Å²) in [5.74, 6) is 0.418. The van der Waals surface area contributed by atoms with E-state index in [-0.39, 0.29) is 5.75 Å². The van der Waals surface area contributed by atoms with E-state index >= 15 is 0 Å². The van der Waals surface area contributed by atoms with Crippen LogP contribution in [0.2, 0.25) is 0 Å². The molecule has 0 atom stereocenters. The van der Waals surface area contributed by atoms with E-state index < -0.39 is 5.97 Å². The number of esters is 1. The molecule has 0 bridgehead atoms. The van der Waals surface area contributed by atoms with Crippen molar-refractivity contribution in [1.82, 2.24) is 4.98 Å². The number of nitrogens with one attached hydrogen (secondary N) is 1. The van der Waals surface area contributed by atoms with E-state index in [1.165, 1.54) is 6.07 Å². The van der Waals surface area contributed by atoms with Crippen LogP contribution in [0.3, 0.4) is 0 Å². The molecule has 0 fully saturated rings. The van der Waals surface area contributed by atoms with Crippen LogP contribution in [0.15, 0.2) is 24.3 Å². The largest absolute Gasteiger partial charge is 0.504 e. The molecule has 1 aromatic carbocycles. The molecule has 0 saturated carbocycles. The smallest absolute Gasteiger partial charge is 0.347 e. The average Bonchev–Trinajstić information content (AvgIpc) is 2.79. The number of hydrogen-bond donors (Lipinski definition) is 2. The van der Waals surface area contributed by atoms with Crippen molar-refractivity contribution >= 4 is 30.0 Å². The summed E-state index contributed by atoms with van der Waals surface area (Å²) in [7, 11) is 0. The van der Waals surface area contributed by atoms with Crippen LogP contribution in [-0.2, 0) is 4.74 Å². The summed E-state index contributed by atoms with van der Waals surface area (Å²) in [6.07, 6.45) is 1.72. The Morgan fingerprint density at radius 3 is 2.91 bits per heavy atom. The summed E-state index contributed by atoms with van der Waals surface area (Å²) in [5, 5.41) is 9.75. The minimum absolute atomic E-state index is 0.0658.